The molecule has 1 saturated carbocycles. The number of amides is 4. The van der Waals surface area contributed by atoms with Crippen LogP contribution in [0.4, 0.5) is 0 Å². The largest absolute Gasteiger partial charge is 0.493 e. The van der Waals surface area contributed by atoms with Crippen LogP contribution < -0.4 is 35.9 Å². The van der Waals surface area contributed by atoms with E-state index in [0.717, 1.165) is 62.0 Å². The summed E-state index contributed by atoms with van der Waals surface area (Å²) in [6, 6.07) is 3.46. The van der Waals surface area contributed by atoms with Crippen molar-refractivity contribution in [1.82, 2.24) is 30.7 Å². The Morgan fingerprint density at radius 1 is 0.955 bits per heavy atom. The van der Waals surface area contributed by atoms with E-state index in [4.69, 9.17) is 29.4 Å². The zero-order valence-corrected chi connectivity index (χ0v) is 39.9. The fourth-order valence-corrected chi connectivity index (χ4v) is 9.85. The van der Waals surface area contributed by atoms with Gasteiger partial charge in [0.15, 0.2) is 11.5 Å². The number of esters is 2. The molecule has 66 heavy (non-hydrogen) atoms. The van der Waals surface area contributed by atoms with Crippen molar-refractivity contribution in [3.63, 3.8) is 0 Å². The second-order valence-corrected chi connectivity index (χ2v) is 18.4. The molecular formula is C47H71N7O11S. The van der Waals surface area contributed by atoms with Crippen molar-refractivity contribution in [3.05, 3.63) is 35.3 Å². The van der Waals surface area contributed by atoms with E-state index in [1.807, 2.05) is 18.2 Å². The number of benzene rings is 1. The lowest BCUT2D eigenvalue weighted by molar-refractivity contribution is -0.151. The predicted molar refractivity (Wildman–Crippen MR) is 247 cm³/mol. The molecule has 4 amide bonds. The molecule has 0 bridgehead atoms. The molecule has 2 aromatic rings. The summed E-state index contributed by atoms with van der Waals surface area (Å²) in [4.78, 5) is 86.3. The third-order valence-electron chi connectivity index (χ3n) is 12.8. The molecule has 3 heterocycles. The molecule has 3 aliphatic rings. The van der Waals surface area contributed by atoms with Gasteiger partial charge in [-0.1, -0.05) is 56.4 Å². The van der Waals surface area contributed by atoms with Crippen LogP contribution in [0.25, 0.3) is 0 Å². The van der Waals surface area contributed by atoms with E-state index >= 15 is 0 Å². The number of nitrogens with zero attached hydrogens (tertiary/aromatic N) is 3. The van der Waals surface area contributed by atoms with E-state index in [1.165, 1.54) is 12.6 Å². The molecule has 18 nitrogen and oxygen atoms in total. The Hall–Kier alpha value is -4.85. The molecule has 6 atom stereocenters. The second kappa shape index (κ2) is 27.1. The molecule has 366 valence electrons. The maximum Gasteiger partial charge on any atom is 0.335 e. The van der Waals surface area contributed by atoms with E-state index in [2.05, 4.69) is 39.7 Å². The van der Waals surface area contributed by atoms with E-state index in [0.29, 0.717) is 75.6 Å². The van der Waals surface area contributed by atoms with E-state index in [9.17, 15) is 28.8 Å². The Morgan fingerprint density at radius 3 is 2.45 bits per heavy atom. The van der Waals surface area contributed by atoms with Crippen LogP contribution in [0.5, 0.6) is 16.7 Å². The van der Waals surface area contributed by atoms with E-state index < -0.39 is 54.2 Å². The summed E-state index contributed by atoms with van der Waals surface area (Å²) in [7, 11) is 3.22. The molecule has 2 saturated heterocycles. The molecule has 2 aliphatic heterocycles. The normalized spacial score (nSPS) is 19.6. The standard InChI is InChI=1S/C47H71N7O11S/c1-5-37(31(2)63-24-19-33-16-17-39(61-3)40(27-33)62-4)53-23-18-34(30-53)64-43(57)28-42(56)49-20-10-9-14-35(46(60)65-47-50-21-25-66-47)52-44(58)38-15-11-22-54(38)45(59)36(51-29-41(48)55)26-32-12-7-6-8-13-32/h16-17,21,25,27,31-32,34-38,51H,5-15,18-20,22-24,26,28-30H2,1-4H3,(H2,48,55)(H,49,56)(H,52,58)/t31-,34-,35-,36+,37-,38-/m1/s1. The smallest absolute Gasteiger partial charge is 0.335 e. The van der Waals surface area contributed by atoms with Crippen LogP contribution in [-0.4, -0.2) is 140 Å². The number of carbonyl (C=O) groups is 6. The van der Waals surface area contributed by atoms with Gasteiger partial charge in [0.1, 0.15) is 24.6 Å². The highest BCUT2D eigenvalue weighted by Crippen LogP contribution is 2.30. The van der Waals surface area contributed by atoms with Crippen molar-refractivity contribution in [2.45, 2.75) is 147 Å². The average molecular weight is 942 g/mol. The number of methoxy groups -OCH3 is 2. The van der Waals surface area contributed by atoms with Crippen molar-refractivity contribution in [2.75, 3.05) is 53.6 Å². The molecule has 1 aromatic heterocycles. The number of thiazole rings is 1. The van der Waals surface area contributed by atoms with Gasteiger partial charge >= 0.3 is 11.9 Å². The molecule has 3 fully saturated rings. The number of likely N-dealkylation sites (tertiary alicyclic amines) is 2. The van der Waals surface area contributed by atoms with Gasteiger partial charge in [-0.3, -0.25) is 34.2 Å². The number of unbranched alkanes of at least 4 members (excludes halogenated alkanes) is 1. The molecule has 0 unspecified atom stereocenters. The molecule has 19 heteroatoms. The highest BCUT2D eigenvalue weighted by Gasteiger charge is 2.40. The molecule has 0 spiro atoms. The van der Waals surface area contributed by atoms with Gasteiger partial charge in [0.2, 0.25) is 23.6 Å². The zero-order chi connectivity index (χ0) is 47.4. The van der Waals surface area contributed by atoms with Crippen molar-refractivity contribution >= 4 is 46.9 Å². The zero-order valence-electron chi connectivity index (χ0n) is 39.1. The minimum Gasteiger partial charge on any atom is -0.493 e. The van der Waals surface area contributed by atoms with Crippen LogP contribution in [0.1, 0.15) is 109 Å². The lowest BCUT2D eigenvalue weighted by Gasteiger charge is -2.32. The number of primary amides is 1. The number of nitrogens with two attached hydrogens (primary N) is 1. The van der Waals surface area contributed by atoms with Gasteiger partial charge in [-0.15, -0.1) is 0 Å². The van der Waals surface area contributed by atoms with Crippen LogP contribution in [0, 0.1) is 5.92 Å². The first-order valence-electron chi connectivity index (χ1n) is 23.6. The van der Waals surface area contributed by atoms with Gasteiger partial charge in [-0.25, -0.2) is 9.78 Å². The summed E-state index contributed by atoms with van der Waals surface area (Å²) in [6.07, 6.45) is 11.0. The number of aromatic nitrogens is 1. The minimum atomic E-state index is -1.05. The molecule has 5 N–H and O–H groups in total. The molecule has 5 rings (SSSR count). The second-order valence-electron chi connectivity index (χ2n) is 17.5. The first-order chi connectivity index (χ1) is 31.9. The van der Waals surface area contributed by atoms with Gasteiger partial charge in [0, 0.05) is 43.8 Å². The Morgan fingerprint density at radius 2 is 1.74 bits per heavy atom. The first-order valence-corrected chi connectivity index (χ1v) is 24.5. The van der Waals surface area contributed by atoms with E-state index in [-0.39, 0.29) is 48.9 Å². The van der Waals surface area contributed by atoms with Crippen molar-refractivity contribution in [3.8, 4) is 16.7 Å². The summed E-state index contributed by atoms with van der Waals surface area (Å²) >= 11 is 1.14. The van der Waals surface area contributed by atoms with Gasteiger partial charge in [-0.05, 0) is 88.3 Å². The number of hydrogen-bond acceptors (Lipinski definition) is 15. The van der Waals surface area contributed by atoms with Crippen molar-refractivity contribution in [1.29, 1.82) is 0 Å². The topological polar surface area (TPSA) is 230 Å². The minimum absolute atomic E-state index is 0.0493. The van der Waals surface area contributed by atoms with Crippen LogP contribution in [0.2, 0.25) is 0 Å². The summed E-state index contributed by atoms with van der Waals surface area (Å²) in [5, 5.41) is 10.4. The van der Waals surface area contributed by atoms with Gasteiger partial charge in [0.05, 0.1) is 39.5 Å². The van der Waals surface area contributed by atoms with Gasteiger partial charge < -0.3 is 45.0 Å². The predicted octanol–water partition coefficient (Wildman–Crippen LogP) is 3.68. The molecule has 1 aliphatic carbocycles. The van der Waals surface area contributed by atoms with Gasteiger partial charge in [-0.2, -0.15) is 0 Å². The summed E-state index contributed by atoms with van der Waals surface area (Å²) in [5.41, 5.74) is 6.50. The number of ether oxygens (including phenoxy) is 5. The molecule has 1 aromatic carbocycles. The Balaban J connectivity index is 1.04. The van der Waals surface area contributed by atoms with Crippen LogP contribution >= 0.6 is 11.3 Å². The number of nitrogens with one attached hydrogen (secondary N) is 3. The van der Waals surface area contributed by atoms with Gasteiger partial charge in [0.25, 0.3) is 5.19 Å². The Labute approximate surface area is 392 Å². The fraction of sp³-hybridized carbons (Fsp3) is 0.681. The maximum absolute atomic E-state index is 13.9. The SMILES string of the molecule is CC[C@H]([C@@H](C)OCCc1ccc(OC)c(OC)c1)N1CC[C@@H](OC(=O)CC(=O)NCCCC[C@@H](NC(=O)[C@H]2CCCN2C(=O)[C@H](CC2CCCCC2)NCC(N)=O)C(=O)Oc2nccs2)C1. The summed E-state index contributed by atoms with van der Waals surface area (Å²) < 4.78 is 28.2. The number of carbonyl (C=O) groups excluding carboxylic acids is 6. The van der Waals surface area contributed by atoms with Crippen LogP contribution in [-0.2, 0) is 44.7 Å². The quantitative estimate of drug-likeness (QED) is 0.0570. The third-order valence-corrected chi connectivity index (χ3v) is 13.5. The molecular weight excluding hydrogens is 871 g/mol. The lowest BCUT2D eigenvalue weighted by atomic mass is 9.84. The third kappa shape index (κ3) is 16.2. The number of hydrogen-bond donors (Lipinski definition) is 4. The summed E-state index contributed by atoms with van der Waals surface area (Å²) in [6.45, 7) is 6.48. The Bertz CT molecular complexity index is 1880. The number of rotatable bonds is 27. The molecule has 0 radical (unpaired) electrons. The van der Waals surface area contributed by atoms with Crippen molar-refractivity contribution < 1.29 is 52.5 Å². The Kier molecular flexibility index (Phi) is 21.4. The highest BCUT2D eigenvalue weighted by molar-refractivity contribution is 7.11. The monoisotopic (exact) mass is 941 g/mol. The highest BCUT2D eigenvalue weighted by atomic mass is 32.1. The first kappa shape index (κ1) is 52.1. The van der Waals surface area contributed by atoms with Crippen LogP contribution in [0.15, 0.2) is 29.8 Å². The lowest BCUT2D eigenvalue weighted by Crippen LogP contribution is -2.56. The van der Waals surface area contributed by atoms with Crippen LogP contribution in [0.3, 0.4) is 0 Å². The maximum atomic E-state index is 13.9. The average Bonchev–Trinajstić information content (AvgIpc) is 4.11. The summed E-state index contributed by atoms with van der Waals surface area (Å²) in [5.74, 6) is -1.36. The fourth-order valence-electron chi connectivity index (χ4n) is 9.36. The van der Waals surface area contributed by atoms with Crippen molar-refractivity contribution in [2.24, 2.45) is 11.7 Å². The van der Waals surface area contributed by atoms with E-state index in [1.54, 1.807) is 24.5 Å².